The second-order valence-electron chi connectivity index (χ2n) is 5.98. The van der Waals surface area contributed by atoms with Gasteiger partial charge in [-0.25, -0.2) is 4.39 Å². The average Bonchev–Trinajstić information content (AvgIpc) is 2.42. The summed E-state index contributed by atoms with van der Waals surface area (Å²) < 4.78 is 19.0. The molecule has 1 aromatic carbocycles. The molecule has 0 aromatic heterocycles. The number of hydrogen-bond donors (Lipinski definition) is 2. The normalized spacial score (nSPS) is 13.3. The lowest BCUT2D eigenvalue weighted by molar-refractivity contribution is 0.232. The van der Waals surface area contributed by atoms with E-state index in [-0.39, 0.29) is 23.9 Å². The molecule has 0 spiro atoms. The number of aliphatic hydroxyl groups excluding tert-OH is 1. The summed E-state index contributed by atoms with van der Waals surface area (Å²) in [6.07, 6.45) is 1.73. The van der Waals surface area contributed by atoms with Crippen LogP contribution in [0.4, 0.5) is 4.39 Å². The predicted octanol–water partition coefficient (Wildman–Crippen LogP) is 3.28. The maximum Gasteiger partial charge on any atom is 0.131 e. The van der Waals surface area contributed by atoms with Crippen LogP contribution in [0.15, 0.2) is 18.2 Å². The number of methoxy groups -OCH3 is 1. The van der Waals surface area contributed by atoms with Gasteiger partial charge in [0.05, 0.1) is 7.11 Å². The second-order valence-corrected chi connectivity index (χ2v) is 5.98. The van der Waals surface area contributed by atoms with Gasteiger partial charge in [-0.15, -0.1) is 0 Å². The number of halogens is 1. The van der Waals surface area contributed by atoms with Crippen molar-refractivity contribution in [2.24, 2.45) is 5.41 Å². The molecular weight excluding hydrogens is 257 g/mol. The third kappa shape index (κ3) is 5.10. The third-order valence-corrected chi connectivity index (χ3v) is 3.57. The Bertz CT molecular complexity index is 421. The van der Waals surface area contributed by atoms with Gasteiger partial charge in [0.25, 0.3) is 0 Å². The molecule has 1 atom stereocenters. The highest BCUT2D eigenvalue weighted by atomic mass is 19.1. The Labute approximate surface area is 121 Å². The molecule has 1 aromatic rings. The Kier molecular flexibility index (Phi) is 6.43. The van der Waals surface area contributed by atoms with Crippen molar-refractivity contribution in [2.75, 3.05) is 20.3 Å². The van der Waals surface area contributed by atoms with E-state index in [1.54, 1.807) is 12.1 Å². The summed E-state index contributed by atoms with van der Waals surface area (Å²) in [6.45, 7) is 7.23. The van der Waals surface area contributed by atoms with Crippen molar-refractivity contribution < 1.29 is 14.2 Å². The number of benzene rings is 1. The lowest BCUT2D eigenvalue weighted by Gasteiger charge is -2.27. The molecule has 0 fully saturated rings. The SMILES string of the molecule is COc1ccc(C(C)NCC(C)(C)CCCO)c(F)c1. The summed E-state index contributed by atoms with van der Waals surface area (Å²) in [4.78, 5) is 0. The van der Waals surface area contributed by atoms with E-state index in [0.717, 1.165) is 19.4 Å². The van der Waals surface area contributed by atoms with E-state index in [0.29, 0.717) is 11.3 Å². The number of ether oxygens (including phenoxy) is 1. The first kappa shape index (κ1) is 16.9. The first-order chi connectivity index (χ1) is 9.39. The van der Waals surface area contributed by atoms with Crippen LogP contribution in [0.5, 0.6) is 5.75 Å². The molecule has 0 heterocycles. The van der Waals surface area contributed by atoms with Crippen molar-refractivity contribution >= 4 is 0 Å². The molecule has 4 heteroatoms. The van der Waals surface area contributed by atoms with Crippen LogP contribution < -0.4 is 10.1 Å². The van der Waals surface area contributed by atoms with Crippen LogP contribution in [0.3, 0.4) is 0 Å². The highest BCUT2D eigenvalue weighted by Gasteiger charge is 2.19. The van der Waals surface area contributed by atoms with Gasteiger partial charge in [0.1, 0.15) is 11.6 Å². The van der Waals surface area contributed by atoms with Crippen molar-refractivity contribution in [1.82, 2.24) is 5.32 Å². The molecule has 0 amide bonds. The van der Waals surface area contributed by atoms with Crippen LogP contribution in [0, 0.1) is 11.2 Å². The summed E-state index contributed by atoms with van der Waals surface area (Å²) in [5.41, 5.74) is 0.726. The molecule has 114 valence electrons. The van der Waals surface area contributed by atoms with Gasteiger partial charge in [-0.1, -0.05) is 19.9 Å². The fourth-order valence-corrected chi connectivity index (χ4v) is 2.17. The van der Waals surface area contributed by atoms with Gasteiger partial charge in [0.2, 0.25) is 0 Å². The van der Waals surface area contributed by atoms with Gasteiger partial charge in [0, 0.05) is 30.8 Å². The van der Waals surface area contributed by atoms with Crippen LogP contribution in [0.25, 0.3) is 0 Å². The molecule has 0 aliphatic carbocycles. The molecule has 0 bridgehead atoms. The highest BCUT2D eigenvalue weighted by molar-refractivity contribution is 5.30. The first-order valence-electron chi connectivity index (χ1n) is 7.07. The maximum absolute atomic E-state index is 14.0. The zero-order valence-electron chi connectivity index (χ0n) is 12.9. The van der Waals surface area contributed by atoms with Crippen molar-refractivity contribution in [3.05, 3.63) is 29.6 Å². The summed E-state index contributed by atoms with van der Waals surface area (Å²) in [5, 5.41) is 12.3. The molecule has 0 aliphatic rings. The van der Waals surface area contributed by atoms with Crippen molar-refractivity contribution in [2.45, 2.75) is 39.7 Å². The Morgan fingerprint density at radius 2 is 2.10 bits per heavy atom. The lowest BCUT2D eigenvalue weighted by Crippen LogP contribution is -2.31. The largest absolute Gasteiger partial charge is 0.497 e. The van der Waals surface area contributed by atoms with Crippen LogP contribution in [0.1, 0.15) is 45.2 Å². The maximum atomic E-state index is 14.0. The van der Waals surface area contributed by atoms with Crippen LogP contribution in [0.2, 0.25) is 0 Å². The van der Waals surface area contributed by atoms with Crippen molar-refractivity contribution in [3.8, 4) is 5.75 Å². The topological polar surface area (TPSA) is 41.5 Å². The van der Waals surface area contributed by atoms with Gasteiger partial charge in [-0.3, -0.25) is 0 Å². The molecule has 0 saturated heterocycles. The monoisotopic (exact) mass is 283 g/mol. The second kappa shape index (κ2) is 7.60. The average molecular weight is 283 g/mol. The molecule has 0 saturated carbocycles. The van der Waals surface area contributed by atoms with Crippen molar-refractivity contribution in [3.63, 3.8) is 0 Å². The Balaban J connectivity index is 2.60. The van der Waals surface area contributed by atoms with Crippen molar-refractivity contribution in [1.29, 1.82) is 0 Å². The Hall–Kier alpha value is -1.13. The summed E-state index contributed by atoms with van der Waals surface area (Å²) in [5.74, 6) is 0.277. The fraction of sp³-hybridized carbons (Fsp3) is 0.625. The lowest BCUT2D eigenvalue weighted by atomic mass is 9.87. The quantitative estimate of drug-likeness (QED) is 0.769. The Morgan fingerprint density at radius 3 is 2.65 bits per heavy atom. The standard InChI is InChI=1S/C16H26FNO2/c1-12(18-11-16(2,3)8-5-9-19)14-7-6-13(20-4)10-15(14)17/h6-7,10,12,18-19H,5,8-9,11H2,1-4H3. The van der Waals surface area contributed by atoms with Crippen LogP contribution in [-0.2, 0) is 0 Å². The first-order valence-corrected chi connectivity index (χ1v) is 7.07. The minimum atomic E-state index is -0.252. The zero-order chi connectivity index (χ0) is 15.2. The molecule has 0 radical (unpaired) electrons. The molecule has 0 aliphatic heterocycles. The minimum Gasteiger partial charge on any atom is -0.497 e. The fourth-order valence-electron chi connectivity index (χ4n) is 2.17. The Morgan fingerprint density at radius 1 is 1.40 bits per heavy atom. The zero-order valence-corrected chi connectivity index (χ0v) is 12.9. The molecule has 3 nitrogen and oxygen atoms in total. The van der Waals surface area contributed by atoms with Gasteiger partial charge in [0.15, 0.2) is 0 Å². The smallest absolute Gasteiger partial charge is 0.131 e. The van der Waals surface area contributed by atoms with Gasteiger partial charge in [-0.05, 0) is 31.2 Å². The highest BCUT2D eigenvalue weighted by Crippen LogP contribution is 2.25. The summed E-state index contributed by atoms with van der Waals surface area (Å²) in [7, 11) is 1.53. The third-order valence-electron chi connectivity index (χ3n) is 3.57. The molecule has 1 rings (SSSR count). The van der Waals surface area contributed by atoms with Gasteiger partial charge in [-0.2, -0.15) is 0 Å². The van der Waals surface area contributed by atoms with E-state index in [1.165, 1.54) is 13.2 Å². The van der Waals surface area contributed by atoms with E-state index in [9.17, 15) is 4.39 Å². The number of hydrogen-bond acceptors (Lipinski definition) is 3. The van der Waals surface area contributed by atoms with Gasteiger partial charge >= 0.3 is 0 Å². The van der Waals surface area contributed by atoms with Gasteiger partial charge < -0.3 is 15.2 Å². The van der Waals surface area contributed by atoms with E-state index in [4.69, 9.17) is 9.84 Å². The number of rotatable bonds is 8. The summed E-state index contributed by atoms with van der Waals surface area (Å²) in [6, 6.07) is 4.87. The van der Waals surface area contributed by atoms with E-state index >= 15 is 0 Å². The molecule has 2 N–H and O–H groups in total. The summed E-state index contributed by atoms with van der Waals surface area (Å²) >= 11 is 0. The minimum absolute atomic E-state index is 0.0608. The number of aliphatic hydroxyl groups is 1. The number of nitrogens with one attached hydrogen (secondary N) is 1. The van der Waals surface area contributed by atoms with E-state index in [1.807, 2.05) is 6.92 Å². The van der Waals surface area contributed by atoms with Crippen LogP contribution >= 0.6 is 0 Å². The molecule has 1 unspecified atom stereocenters. The van der Waals surface area contributed by atoms with Crippen LogP contribution in [-0.4, -0.2) is 25.4 Å². The van der Waals surface area contributed by atoms with E-state index < -0.39 is 0 Å². The molecule has 20 heavy (non-hydrogen) atoms. The predicted molar refractivity (Wildman–Crippen MR) is 79.5 cm³/mol. The van der Waals surface area contributed by atoms with E-state index in [2.05, 4.69) is 19.2 Å². The molecular formula is C16H26FNO2.